The van der Waals surface area contributed by atoms with Crippen molar-refractivity contribution in [2.45, 2.75) is 19.8 Å². The Morgan fingerprint density at radius 1 is 1.21 bits per heavy atom. The average molecular weight is 476 g/mol. The first kappa shape index (κ1) is 20.8. The number of hydrogen-bond donors (Lipinski definition) is 0. The fourth-order valence-corrected chi connectivity index (χ4v) is 4.69. The first-order valence-electron chi connectivity index (χ1n) is 9.06. The maximum absolute atomic E-state index is 5.72. The Morgan fingerprint density at radius 2 is 2.04 bits per heavy atom. The third-order valence-corrected chi connectivity index (χ3v) is 6.34. The van der Waals surface area contributed by atoms with Crippen molar-refractivity contribution >= 4 is 44.8 Å². The van der Waals surface area contributed by atoms with Gasteiger partial charge in [-0.05, 0) is 64.3 Å². The number of unbranched alkanes of at least 4 members (excludes halogenated alkanes) is 1. The molecular weight excluding hydrogens is 454 g/mol. The Balaban J connectivity index is 1.85. The predicted molar refractivity (Wildman–Crippen MR) is 124 cm³/mol. The molecule has 0 saturated heterocycles. The van der Waals surface area contributed by atoms with Crippen LogP contribution in [0.25, 0.3) is 10.6 Å². The van der Waals surface area contributed by atoms with Crippen LogP contribution in [0.2, 0.25) is 0 Å². The quantitative estimate of drug-likeness (QED) is 0.206. The minimum Gasteiger partial charge on any atom is -0.494 e. The lowest BCUT2D eigenvalue weighted by Gasteiger charge is -2.05. The summed E-state index contributed by atoms with van der Waals surface area (Å²) in [6.45, 7) is 7.22. The number of thiophene rings is 1. The normalized spacial score (nSPS) is 12.0. The SMILES string of the molecule is C=CCN=c1scc(-c2ccc(Br)s2)n1/N=C\c1ccc(OCCCC)cc1. The molecule has 0 N–H and O–H groups in total. The molecular formula is C21H22BrN3OS2. The van der Waals surface area contributed by atoms with Gasteiger partial charge in [0, 0.05) is 5.38 Å². The van der Waals surface area contributed by atoms with E-state index in [0.29, 0.717) is 6.54 Å². The molecule has 0 aliphatic carbocycles. The van der Waals surface area contributed by atoms with E-state index >= 15 is 0 Å². The number of rotatable bonds is 9. The van der Waals surface area contributed by atoms with E-state index in [-0.39, 0.29) is 0 Å². The van der Waals surface area contributed by atoms with Crippen molar-refractivity contribution in [1.82, 2.24) is 4.68 Å². The van der Waals surface area contributed by atoms with Gasteiger partial charge in [-0.1, -0.05) is 19.4 Å². The highest BCUT2D eigenvalue weighted by Crippen LogP contribution is 2.31. The van der Waals surface area contributed by atoms with E-state index in [1.165, 1.54) is 0 Å². The van der Waals surface area contributed by atoms with Crippen molar-refractivity contribution in [2.24, 2.45) is 10.1 Å². The zero-order valence-corrected chi connectivity index (χ0v) is 18.9. The van der Waals surface area contributed by atoms with Gasteiger partial charge in [-0.15, -0.1) is 29.3 Å². The topological polar surface area (TPSA) is 38.9 Å². The van der Waals surface area contributed by atoms with Crippen molar-refractivity contribution in [1.29, 1.82) is 0 Å². The van der Waals surface area contributed by atoms with E-state index in [9.17, 15) is 0 Å². The van der Waals surface area contributed by atoms with Gasteiger partial charge in [0.15, 0.2) is 0 Å². The molecule has 4 nitrogen and oxygen atoms in total. The van der Waals surface area contributed by atoms with Gasteiger partial charge in [-0.25, -0.2) is 4.68 Å². The lowest BCUT2D eigenvalue weighted by molar-refractivity contribution is 0.309. The fraction of sp³-hybridized carbons (Fsp3) is 0.238. The zero-order valence-electron chi connectivity index (χ0n) is 15.7. The second-order valence-corrected chi connectivity index (χ2v) is 9.26. The summed E-state index contributed by atoms with van der Waals surface area (Å²) < 4.78 is 8.70. The lowest BCUT2D eigenvalue weighted by Crippen LogP contribution is -2.12. The Hall–Kier alpha value is -1.96. The van der Waals surface area contributed by atoms with Crippen LogP contribution < -0.4 is 9.54 Å². The van der Waals surface area contributed by atoms with Crippen molar-refractivity contribution in [2.75, 3.05) is 13.2 Å². The molecule has 3 aromatic rings. The third-order valence-electron chi connectivity index (χ3n) is 3.84. The molecule has 0 unspecified atom stereocenters. The lowest BCUT2D eigenvalue weighted by atomic mass is 10.2. The second kappa shape index (κ2) is 10.5. The number of thiazole rings is 1. The van der Waals surface area contributed by atoms with Crippen LogP contribution in [0.5, 0.6) is 5.75 Å². The van der Waals surface area contributed by atoms with E-state index in [1.807, 2.05) is 41.2 Å². The molecule has 3 rings (SSSR count). The molecule has 0 saturated carbocycles. The largest absolute Gasteiger partial charge is 0.494 e. The summed E-state index contributed by atoms with van der Waals surface area (Å²) in [6.07, 6.45) is 5.83. The van der Waals surface area contributed by atoms with Gasteiger partial charge in [-0.3, -0.25) is 4.99 Å². The van der Waals surface area contributed by atoms with Gasteiger partial charge >= 0.3 is 0 Å². The fourth-order valence-electron chi connectivity index (χ4n) is 2.39. The predicted octanol–water partition coefficient (Wildman–Crippen LogP) is 6.19. The molecule has 0 bridgehead atoms. The van der Waals surface area contributed by atoms with Gasteiger partial charge in [0.2, 0.25) is 4.80 Å². The minimum absolute atomic E-state index is 0.563. The van der Waals surface area contributed by atoms with Crippen molar-refractivity contribution in [3.63, 3.8) is 0 Å². The summed E-state index contributed by atoms with van der Waals surface area (Å²) in [5.74, 6) is 0.889. The van der Waals surface area contributed by atoms with Gasteiger partial charge in [0.25, 0.3) is 0 Å². The van der Waals surface area contributed by atoms with Crippen LogP contribution in [0.3, 0.4) is 0 Å². The monoisotopic (exact) mass is 475 g/mol. The van der Waals surface area contributed by atoms with Crippen molar-refractivity contribution in [3.8, 4) is 16.3 Å². The van der Waals surface area contributed by atoms with Crippen LogP contribution in [0.1, 0.15) is 25.3 Å². The van der Waals surface area contributed by atoms with Gasteiger partial charge in [-0.2, -0.15) is 5.10 Å². The van der Waals surface area contributed by atoms with Crippen LogP contribution in [-0.2, 0) is 0 Å². The van der Waals surface area contributed by atoms with Gasteiger partial charge < -0.3 is 4.74 Å². The van der Waals surface area contributed by atoms with E-state index in [0.717, 1.165) is 49.9 Å². The Bertz CT molecular complexity index is 999. The van der Waals surface area contributed by atoms with Crippen LogP contribution >= 0.6 is 38.6 Å². The van der Waals surface area contributed by atoms with E-state index in [2.05, 4.69) is 45.9 Å². The number of nitrogens with zero attached hydrogens (tertiary/aromatic N) is 3. The standard InChI is InChI=1S/C21H22BrN3OS2/c1-3-5-13-26-17-8-6-16(7-9-17)14-24-25-18(19-10-11-20(22)28-19)15-27-21(25)23-12-4-2/h4,6-11,14-15H,2-3,5,12-13H2,1H3/b23-21?,24-14-. The molecule has 28 heavy (non-hydrogen) atoms. The van der Waals surface area contributed by atoms with E-state index in [4.69, 9.17) is 9.84 Å². The summed E-state index contributed by atoms with van der Waals surface area (Å²) in [5.41, 5.74) is 2.04. The number of hydrogen-bond acceptors (Lipinski definition) is 5. The first-order valence-corrected chi connectivity index (χ1v) is 11.5. The van der Waals surface area contributed by atoms with Gasteiger partial charge in [0.1, 0.15) is 5.75 Å². The molecule has 2 heterocycles. The minimum atomic E-state index is 0.563. The Labute approximate surface area is 181 Å². The van der Waals surface area contributed by atoms with E-state index < -0.39 is 0 Å². The average Bonchev–Trinajstić information content (AvgIpc) is 3.31. The van der Waals surface area contributed by atoms with Crippen molar-refractivity contribution in [3.05, 3.63) is 68.6 Å². The summed E-state index contributed by atoms with van der Waals surface area (Å²) in [6, 6.07) is 12.1. The highest BCUT2D eigenvalue weighted by Gasteiger charge is 2.09. The molecule has 0 spiro atoms. The van der Waals surface area contributed by atoms with Crippen LogP contribution in [0.15, 0.2) is 68.3 Å². The Kier molecular flexibility index (Phi) is 7.82. The highest BCUT2D eigenvalue weighted by molar-refractivity contribution is 9.11. The van der Waals surface area contributed by atoms with Crippen molar-refractivity contribution < 1.29 is 4.74 Å². The van der Waals surface area contributed by atoms with Crippen LogP contribution in [0.4, 0.5) is 0 Å². The third kappa shape index (κ3) is 5.53. The number of benzene rings is 1. The van der Waals surface area contributed by atoms with Crippen LogP contribution in [-0.4, -0.2) is 24.0 Å². The summed E-state index contributed by atoms with van der Waals surface area (Å²) in [5, 5.41) is 6.79. The molecule has 146 valence electrons. The van der Waals surface area contributed by atoms with Gasteiger partial charge in [0.05, 0.1) is 33.7 Å². The molecule has 7 heteroatoms. The molecule has 0 atom stereocenters. The maximum Gasteiger partial charge on any atom is 0.206 e. The number of aromatic nitrogens is 1. The highest BCUT2D eigenvalue weighted by atomic mass is 79.9. The summed E-state index contributed by atoms with van der Waals surface area (Å²) >= 11 is 6.78. The summed E-state index contributed by atoms with van der Waals surface area (Å²) in [7, 11) is 0. The number of halogens is 1. The van der Waals surface area contributed by atoms with E-state index in [1.54, 1.807) is 28.7 Å². The molecule has 0 fully saturated rings. The Morgan fingerprint density at radius 3 is 2.71 bits per heavy atom. The molecule has 0 radical (unpaired) electrons. The summed E-state index contributed by atoms with van der Waals surface area (Å²) in [4.78, 5) is 6.55. The zero-order chi connectivity index (χ0) is 19.8. The second-order valence-electron chi connectivity index (χ2n) is 5.96. The molecule has 0 aliphatic heterocycles. The maximum atomic E-state index is 5.72. The first-order chi connectivity index (χ1) is 13.7. The number of ether oxygens (including phenoxy) is 1. The molecule has 1 aromatic carbocycles. The van der Waals surface area contributed by atoms with Crippen LogP contribution in [0, 0.1) is 0 Å². The smallest absolute Gasteiger partial charge is 0.206 e. The molecule has 2 aromatic heterocycles. The molecule has 0 amide bonds. The molecule has 0 aliphatic rings.